The van der Waals surface area contributed by atoms with E-state index in [0.717, 1.165) is 54.5 Å². The largest absolute Gasteiger partial charge is 0.467 e. The summed E-state index contributed by atoms with van der Waals surface area (Å²) >= 11 is 0. The zero-order valence-corrected chi connectivity index (χ0v) is 19.5. The fourth-order valence-electron chi connectivity index (χ4n) is 4.43. The van der Waals surface area contributed by atoms with Crippen molar-refractivity contribution in [2.24, 2.45) is 0 Å². The lowest BCUT2D eigenvalue weighted by molar-refractivity contribution is 0.00388. The van der Waals surface area contributed by atoms with Crippen LogP contribution in [0.25, 0.3) is 11.3 Å². The third-order valence-corrected chi connectivity index (χ3v) is 5.98. The Labute approximate surface area is 195 Å². The van der Waals surface area contributed by atoms with Crippen molar-refractivity contribution in [2.45, 2.75) is 51.9 Å². The lowest BCUT2D eigenvalue weighted by Gasteiger charge is -2.29. The van der Waals surface area contributed by atoms with E-state index in [1.54, 1.807) is 6.26 Å². The Bertz CT molecular complexity index is 936. The minimum atomic E-state index is -0.593. The molecule has 7 heteroatoms. The monoisotopic (exact) mass is 453 g/mol. The third-order valence-electron chi connectivity index (χ3n) is 5.98. The summed E-state index contributed by atoms with van der Waals surface area (Å²) in [5.74, 6) is 1.63. The van der Waals surface area contributed by atoms with Gasteiger partial charge < -0.3 is 23.7 Å². The second-order valence-electron chi connectivity index (χ2n) is 8.71. The normalized spacial score (nSPS) is 15.3. The SMILES string of the molecule is CCCN(Cc1c(-c2ccccc2)noc1N1CCCCC1)C[C@@H](O)COCc1ccco1. The van der Waals surface area contributed by atoms with E-state index in [0.29, 0.717) is 19.7 Å². The van der Waals surface area contributed by atoms with Gasteiger partial charge in [-0.15, -0.1) is 0 Å². The highest BCUT2D eigenvalue weighted by molar-refractivity contribution is 5.68. The molecule has 0 spiro atoms. The summed E-state index contributed by atoms with van der Waals surface area (Å²) in [5, 5.41) is 15.2. The molecule has 1 saturated heterocycles. The maximum Gasteiger partial charge on any atom is 0.232 e. The van der Waals surface area contributed by atoms with Gasteiger partial charge in [-0.3, -0.25) is 4.90 Å². The van der Waals surface area contributed by atoms with Gasteiger partial charge in [-0.25, -0.2) is 0 Å². The van der Waals surface area contributed by atoms with Gasteiger partial charge in [0.1, 0.15) is 18.1 Å². The third kappa shape index (κ3) is 6.47. The van der Waals surface area contributed by atoms with E-state index in [2.05, 4.69) is 34.0 Å². The topological polar surface area (TPSA) is 75.1 Å². The molecule has 33 heavy (non-hydrogen) atoms. The minimum Gasteiger partial charge on any atom is -0.467 e. The molecular formula is C26H35N3O4. The van der Waals surface area contributed by atoms with Gasteiger partial charge in [0.2, 0.25) is 5.88 Å². The van der Waals surface area contributed by atoms with Crippen molar-refractivity contribution in [3.63, 3.8) is 0 Å². The molecule has 178 valence electrons. The highest BCUT2D eigenvalue weighted by Gasteiger charge is 2.26. The Morgan fingerprint density at radius 1 is 1.12 bits per heavy atom. The van der Waals surface area contributed by atoms with Crippen LogP contribution in [0.2, 0.25) is 0 Å². The Kier molecular flexibility index (Phi) is 8.58. The van der Waals surface area contributed by atoms with E-state index in [9.17, 15) is 5.11 Å². The summed E-state index contributed by atoms with van der Waals surface area (Å²) in [4.78, 5) is 4.60. The number of aromatic nitrogens is 1. The predicted molar refractivity (Wildman–Crippen MR) is 128 cm³/mol. The van der Waals surface area contributed by atoms with E-state index < -0.39 is 6.10 Å². The molecule has 0 bridgehead atoms. The van der Waals surface area contributed by atoms with Crippen LogP contribution in [-0.4, -0.2) is 54.1 Å². The van der Waals surface area contributed by atoms with Crippen molar-refractivity contribution in [3.8, 4) is 11.3 Å². The molecule has 1 N–H and O–H groups in total. The van der Waals surface area contributed by atoms with Crippen LogP contribution in [0.5, 0.6) is 0 Å². The highest BCUT2D eigenvalue weighted by atomic mass is 16.5. The van der Waals surface area contributed by atoms with Gasteiger partial charge in [-0.1, -0.05) is 42.4 Å². The predicted octanol–water partition coefficient (Wildman–Crippen LogP) is 4.71. The second-order valence-corrected chi connectivity index (χ2v) is 8.71. The molecule has 1 fully saturated rings. The quantitative estimate of drug-likeness (QED) is 0.425. The first-order valence-corrected chi connectivity index (χ1v) is 12.0. The molecule has 1 atom stereocenters. The Balaban J connectivity index is 1.47. The molecule has 0 unspecified atom stereocenters. The van der Waals surface area contributed by atoms with E-state index in [-0.39, 0.29) is 6.61 Å². The molecule has 2 aromatic heterocycles. The minimum absolute atomic E-state index is 0.259. The van der Waals surface area contributed by atoms with Gasteiger partial charge in [-0.05, 0) is 44.4 Å². The molecule has 0 radical (unpaired) electrons. The summed E-state index contributed by atoms with van der Waals surface area (Å²) in [6.07, 6.45) is 5.63. The molecule has 4 rings (SSSR count). The van der Waals surface area contributed by atoms with Crippen LogP contribution >= 0.6 is 0 Å². The van der Waals surface area contributed by atoms with Crippen LogP contribution in [0.15, 0.2) is 57.7 Å². The first kappa shape index (κ1) is 23.5. The van der Waals surface area contributed by atoms with Gasteiger partial charge in [0.15, 0.2) is 0 Å². The van der Waals surface area contributed by atoms with Crippen molar-refractivity contribution in [2.75, 3.05) is 37.7 Å². The maximum atomic E-state index is 10.7. The van der Waals surface area contributed by atoms with Crippen LogP contribution in [0.1, 0.15) is 43.9 Å². The maximum absolute atomic E-state index is 10.7. The number of anilines is 1. The molecule has 0 amide bonds. The highest BCUT2D eigenvalue weighted by Crippen LogP contribution is 2.34. The summed E-state index contributed by atoms with van der Waals surface area (Å²) in [5.41, 5.74) is 3.04. The molecule has 7 nitrogen and oxygen atoms in total. The average molecular weight is 454 g/mol. The fraction of sp³-hybridized carbons (Fsp3) is 0.500. The van der Waals surface area contributed by atoms with Crippen LogP contribution in [0.3, 0.4) is 0 Å². The van der Waals surface area contributed by atoms with Crippen molar-refractivity contribution in [3.05, 3.63) is 60.1 Å². The molecule has 0 aliphatic carbocycles. The van der Waals surface area contributed by atoms with E-state index in [4.69, 9.17) is 13.7 Å². The van der Waals surface area contributed by atoms with Crippen molar-refractivity contribution in [1.82, 2.24) is 10.1 Å². The number of hydrogen-bond acceptors (Lipinski definition) is 7. The number of benzene rings is 1. The second kappa shape index (κ2) is 12.0. The summed E-state index contributed by atoms with van der Waals surface area (Å²) in [6.45, 7) is 6.82. The molecule has 3 aromatic rings. The number of nitrogens with zero attached hydrogens (tertiary/aromatic N) is 3. The summed E-state index contributed by atoms with van der Waals surface area (Å²) in [6, 6.07) is 13.9. The molecule has 1 aromatic carbocycles. The number of aliphatic hydroxyl groups excluding tert-OH is 1. The van der Waals surface area contributed by atoms with Crippen LogP contribution in [0, 0.1) is 0 Å². The molecular weight excluding hydrogens is 418 g/mol. The van der Waals surface area contributed by atoms with Gasteiger partial charge in [0.25, 0.3) is 0 Å². The Morgan fingerprint density at radius 3 is 2.67 bits per heavy atom. The van der Waals surface area contributed by atoms with Crippen LogP contribution in [-0.2, 0) is 17.9 Å². The number of piperidine rings is 1. The molecule has 3 heterocycles. The standard InChI is InChI=1S/C26H35N3O4/c1-2-13-28(17-22(30)19-31-20-23-12-9-16-32-23)18-24-25(21-10-5-3-6-11-21)27-33-26(24)29-14-7-4-8-15-29/h3,5-6,9-12,16,22,30H,2,4,7-8,13-15,17-20H2,1H3/t22-/m1/s1. The number of aliphatic hydroxyl groups is 1. The zero-order chi connectivity index (χ0) is 22.9. The van der Waals surface area contributed by atoms with E-state index >= 15 is 0 Å². The fourth-order valence-corrected chi connectivity index (χ4v) is 4.43. The van der Waals surface area contributed by atoms with E-state index in [1.807, 2.05) is 30.3 Å². The first-order chi connectivity index (χ1) is 16.2. The summed E-state index contributed by atoms with van der Waals surface area (Å²) < 4.78 is 16.9. The van der Waals surface area contributed by atoms with Gasteiger partial charge in [0.05, 0.1) is 24.5 Å². The van der Waals surface area contributed by atoms with Gasteiger partial charge in [0, 0.05) is 31.7 Å². The zero-order valence-electron chi connectivity index (χ0n) is 19.5. The number of rotatable bonds is 12. The van der Waals surface area contributed by atoms with Crippen molar-refractivity contribution < 1.29 is 18.8 Å². The Hall–Kier alpha value is -2.61. The summed E-state index contributed by atoms with van der Waals surface area (Å²) in [7, 11) is 0. The van der Waals surface area contributed by atoms with Crippen molar-refractivity contribution >= 4 is 5.88 Å². The molecule has 0 saturated carbocycles. The Morgan fingerprint density at radius 2 is 1.94 bits per heavy atom. The lowest BCUT2D eigenvalue weighted by Crippen LogP contribution is -2.36. The number of furan rings is 1. The smallest absolute Gasteiger partial charge is 0.232 e. The first-order valence-electron chi connectivity index (χ1n) is 12.0. The van der Waals surface area contributed by atoms with Gasteiger partial charge in [-0.2, -0.15) is 0 Å². The average Bonchev–Trinajstić information content (AvgIpc) is 3.51. The lowest BCUT2D eigenvalue weighted by atomic mass is 10.1. The van der Waals surface area contributed by atoms with Crippen LogP contribution < -0.4 is 4.90 Å². The number of hydrogen-bond donors (Lipinski definition) is 1. The molecule has 1 aliphatic heterocycles. The number of ether oxygens (including phenoxy) is 1. The molecule has 1 aliphatic rings. The van der Waals surface area contributed by atoms with Crippen molar-refractivity contribution in [1.29, 1.82) is 0 Å². The van der Waals surface area contributed by atoms with Gasteiger partial charge >= 0.3 is 0 Å². The van der Waals surface area contributed by atoms with Crippen LogP contribution in [0.4, 0.5) is 5.88 Å². The van der Waals surface area contributed by atoms with E-state index in [1.165, 1.54) is 19.3 Å².